The van der Waals surface area contributed by atoms with Gasteiger partial charge in [-0.25, -0.2) is 0 Å². The molecule has 1 saturated heterocycles. The Kier molecular flexibility index (Phi) is 9.11. The number of amides is 3. The van der Waals surface area contributed by atoms with Crippen molar-refractivity contribution in [3.63, 3.8) is 0 Å². The minimum Gasteiger partial charge on any atom is -0.368 e. The van der Waals surface area contributed by atoms with Gasteiger partial charge in [0.05, 0.1) is 22.5 Å². The van der Waals surface area contributed by atoms with Crippen LogP contribution in [0.5, 0.6) is 0 Å². The topological polar surface area (TPSA) is 96.6 Å². The maximum Gasteiger partial charge on any atom is 0.417 e. The van der Waals surface area contributed by atoms with Crippen molar-refractivity contribution in [2.45, 2.75) is 50.5 Å². The number of hydrogen-bond acceptors (Lipinski definition) is 4. The molecule has 3 atom stereocenters. The van der Waals surface area contributed by atoms with E-state index in [2.05, 4.69) is 4.98 Å². The van der Waals surface area contributed by atoms with Crippen molar-refractivity contribution in [1.82, 2.24) is 14.8 Å². The minimum absolute atomic E-state index is 0.0556. The number of alkyl halides is 3. The average molecular weight is 673 g/mol. The molecule has 1 aliphatic heterocycles. The lowest BCUT2D eigenvalue weighted by atomic mass is 9.96. The van der Waals surface area contributed by atoms with Gasteiger partial charge in [-0.15, -0.1) is 0 Å². The molecular weight excluding hydrogens is 641 g/mol. The number of benzene rings is 4. The SMILES string of the molecule is CC1CCN(C(Cc2cccc3ccccc23)C(N)=O)C(=O)C(c2ccc(Cl)c(C(F)(F)F)c2)N1C(=O)Cc1ccc2ncccc2c1. The van der Waals surface area contributed by atoms with E-state index in [1.165, 1.54) is 15.9 Å². The van der Waals surface area contributed by atoms with E-state index >= 15 is 0 Å². The highest BCUT2D eigenvalue weighted by Crippen LogP contribution is 2.39. The summed E-state index contributed by atoms with van der Waals surface area (Å²) in [5.41, 5.74) is 6.92. The van der Waals surface area contributed by atoms with E-state index in [0.717, 1.165) is 39.4 Å². The van der Waals surface area contributed by atoms with Crippen LogP contribution in [0.25, 0.3) is 21.7 Å². The molecule has 2 heterocycles. The first-order chi connectivity index (χ1) is 22.9. The summed E-state index contributed by atoms with van der Waals surface area (Å²) in [5.74, 6) is -1.92. The molecule has 0 radical (unpaired) electrons. The van der Waals surface area contributed by atoms with Crippen molar-refractivity contribution in [3.8, 4) is 0 Å². The average Bonchev–Trinajstić information content (AvgIpc) is 3.18. The summed E-state index contributed by atoms with van der Waals surface area (Å²) in [5, 5.41) is 2.10. The second kappa shape index (κ2) is 13.3. The zero-order valence-corrected chi connectivity index (χ0v) is 26.7. The highest BCUT2D eigenvalue weighted by atomic mass is 35.5. The number of primary amides is 1. The summed E-state index contributed by atoms with van der Waals surface area (Å²) >= 11 is 5.97. The molecule has 1 fully saturated rings. The summed E-state index contributed by atoms with van der Waals surface area (Å²) in [6.07, 6.45) is -2.93. The standard InChI is InChI=1S/C37H32ClF3N4O3/c1-22-15-17-44(32(35(42)47)21-25-8-4-7-24-6-2-3-10-28(24)25)36(48)34(27-12-13-30(38)29(20-27)37(39,40)41)45(22)33(46)19-23-11-14-31-26(18-23)9-5-16-43-31/h2-14,16,18,20,22,32,34H,15,17,19,21H2,1H3,(H2,42,47). The normalized spacial score (nSPS) is 17.8. The molecule has 4 aromatic carbocycles. The highest BCUT2D eigenvalue weighted by Gasteiger charge is 2.44. The minimum atomic E-state index is -4.82. The molecule has 2 N–H and O–H groups in total. The molecule has 1 aliphatic rings. The van der Waals surface area contributed by atoms with Crippen molar-refractivity contribution in [2.24, 2.45) is 5.73 Å². The first kappa shape index (κ1) is 33.0. The van der Waals surface area contributed by atoms with Gasteiger partial charge in [0.15, 0.2) is 0 Å². The Morgan fingerprint density at radius 2 is 1.73 bits per heavy atom. The van der Waals surface area contributed by atoms with Gasteiger partial charge in [0, 0.05) is 30.6 Å². The number of carbonyl (C=O) groups excluding carboxylic acids is 3. The monoisotopic (exact) mass is 672 g/mol. The first-order valence-corrected chi connectivity index (χ1v) is 15.9. The van der Waals surface area contributed by atoms with Gasteiger partial charge in [0.1, 0.15) is 12.1 Å². The second-order valence-electron chi connectivity index (χ2n) is 12.1. The Bertz CT molecular complexity index is 2030. The lowest BCUT2D eigenvalue weighted by Gasteiger charge is -2.36. The van der Waals surface area contributed by atoms with Gasteiger partial charge < -0.3 is 15.5 Å². The quantitative estimate of drug-likeness (QED) is 0.204. The number of pyridine rings is 1. The predicted molar refractivity (Wildman–Crippen MR) is 178 cm³/mol. The molecule has 3 amide bonds. The third-order valence-electron chi connectivity index (χ3n) is 8.98. The maximum absolute atomic E-state index is 14.7. The molecular formula is C37H32ClF3N4O3. The highest BCUT2D eigenvalue weighted by molar-refractivity contribution is 6.31. The summed E-state index contributed by atoms with van der Waals surface area (Å²) in [6, 6.07) is 22.3. The number of aromatic nitrogens is 1. The van der Waals surface area contributed by atoms with Crippen LogP contribution in [0.3, 0.4) is 0 Å². The van der Waals surface area contributed by atoms with Crippen LogP contribution in [-0.4, -0.2) is 51.1 Å². The summed E-state index contributed by atoms with van der Waals surface area (Å²) in [7, 11) is 0. The number of hydrogen-bond donors (Lipinski definition) is 1. The van der Waals surface area contributed by atoms with Gasteiger partial charge in [-0.2, -0.15) is 13.2 Å². The van der Waals surface area contributed by atoms with Gasteiger partial charge in [0.25, 0.3) is 5.91 Å². The fourth-order valence-electron chi connectivity index (χ4n) is 6.58. The second-order valence-corrected chi connectivity index (χ2v) is 12.5. The van der Waals surface area contributed by atoms with Crippen LogP contribution in [0.4, 0.5) is 13.2 Å². The van der Waals surface area contributed by atoms with E-state index in [0.29, 0.717) is 5.56 Å². The van der Waals surface area contributed by atoms with Crippen LogP contribution in [0.15, 0.2) is 97.2 Å². The molecule has 0 saturated carbocycles. The lowest BCUT2D eigenvalue weighted by Crippen LogP contribution is -2.52. The van der Waals surface area contributed by atoms with Crippen molar-refractivity contribution in [3.05, 3.63) is 124 Å². The number of halogens is 4. The number of nitrogens with zero attached hydrogens (tertiary/aromatic N) is 3. The van der Waals surface area contributed by atoms with Gasteiger partial charge in [-0.3, -0.25) is 19.4 Å². The molecule has 246 valence electrons. The molecule has 7 nitrogen and oxygen atoms in total. The van der Waals surface area contributed by atoms with E-state index in [9.17, 15) is 27.6 Å². The number of nitrogens with two attached hydrogens (primary N) is 1. The zero-order valence-electron chi connectivity index (χ0n) is 26.0. The van der Waals surface area contributed by atoms with E-state index in [4.69, 9.17) is 17.3 Å². The molecule has 11 heteroatoms. The van der Waals surface area contributed by atoms with Gasteiger partial charge in [-0.1, -0.05) is 72.3 Å². The Labute approximate surface area is 280 Å². The zero-order chi connectivity index (χ0) is 34.2. The van der Waals surface area contributed by atoms with Crippen LogP contribution < -0.4 is 5.73 Å². The number of carbonyl (C=O) groups is 3. The van der Waals surface area contributed by atoms with Crippen LogP contribution in [0, 0.1) is 0 Å². The lowest BCUT2D eigenvalue weighted by molar-refractivity contribution is -0.148. The molecule has 0 aliphatic carbocycles. The molecule has 6 rings (SSSR count). The Morgan fingerprint density at radius 3 is 2.50 bits per heavy atom. The van der Waals surface area contributed by atoms with Crippen LogP contribution in [-0.2, 0) is 33.4 Å². The van der Waals surface area contributed by atoms with Crippen LogP contribution >= 0.6 is 11.6 Å². The van der Waals surface area contributed by atoms with Crippen molar-refractivity contribution in [1.29, 1.82) is 0 Å². The first-order valence-electron chi connectivity index (χ1n) is 15.5. The number of rotatable bonds is 7. The Balaban J connectivity index is 1.42. The van der Waals surface area contributed by atoms with E-state index in [1.54, 1.807) is 31.3 Å². The van der Waals surface area contributed by atoms with Crippen molar-refractivity contribution < 1.29 is 27.6 Å². The largest absolute Gasteiger partial charge is 0.417 e. The summed E-state index contributed by atoms with van der Waals surface area (Å²) in [4.78, 5) is 48.9. The van der Waals surface area contributed by atoms with E-state index in [-0.39, 0.29) is 31.4 Å². The van der Waals surface area contributed by atoms with Gasteiger partial charge >= 0.3 is 6.18 Å². The summed E-state index contributed by atoms with van der Waals surface area (Å²) < 4.78 is 42.2. The number of fused-ring (bicyclic) bond motifs is 2. The Morgan fingerprint density at radius 1 is 0.979 bits per heavy atom. The Hall–Kier alpha value is -4.96. The third-order valence-corrected chi connectivity index (χ3v) is 9.31. The molecule has 3 unspecified atom stereocenters. The van der Waals surface area contributed by atoms with Crippen LogP contribution in [0.1, 0.15) is 41.6 Å². The molecule has 5 aromatic rings. The molecule has 0 bridgehead atoms. The van der Waals surface area contributed by atoms with E-state index < -0.39 is 52.6 Å². The smallest absolute Gasteiger partial charge is 0.368 e. The third kappa shape index (κ3) is 6.57. The van der Waals surface area contributed by atoms with Crippen LogP contribution in [0.2, 0.25) is 5.02 Å². The van der Waals surface area contributed by atoms with Crippen molar-refractivity contribution in [2.75, 3.05) is 6.54 Å². The van der Waals surface area contributed by atoms with E-state index in [1.807, 2.05) is 54.6 Å². The fraction of sp³-hybridized carbons (Fsp3) is 0.243. The van der Waals surface area contributed by atoms with Crippen molar-refractivity contribution >= 4 is 51.0 Å². The fourth-order valence-corrected chi connectivity index (χ4v) is 6.81. The molecule has 1 aromatic heterocycles. The predicted octanol–water partition coefficient (Wildman–Crippen LogP) is 6.89. The maximum atomic E-state index is 14.7. The summed E-state index contributed by atoms with van der Waals surface area (Å²) in [6.45, 7) is 1.80. The van der Waals surface area contributed by atoms with Gasteiger partial charge in [0.2, 0.25) is 11.8 Å². The molecule has 0 spiro atoms. The van der Waals surface area contributed by atoms with Gasteiger partial charge in [-0.05, 0) is 71.1 Å². The molecule has 48 heavy (non-hydrogen) atoms.